The van der Waals surface area contributed by atoms with Crippen LogP contribution < -0.4 is 15.1 Å². The molecule has 25 heavy (non-hydrogen) atoms. The van der Waals surface area contributed by atoms with Gasteiger partial charge in [-0.15, -0.1) is 5.10 Å². The van der Waals surface area contributed by atoms with Crippen LogP contribution in [0.4, 0.5) is 17.5 Å². The van der Waals surface area contributed by atoms with E-state index in [0.29, 0.717) is 12.0 Å². The van der Waals surface area contributed by atoms with Gasteiger partial charge in [0.05, 0.1) is 6.20 Å². The molecular weight excluding hydrogens is 336 g/mol. The third kappa shape index (κ3) is 3.95. The summed E-state index contributed by atoms with van der Waals surface area (Å²) >= 11 is 6.10. The van der Waals surface area contributed by atoms with Crippen molar-refractivity contribution in [1.82, 2.24) is 15.2 Å². The van der Waals surface area contributed by atoms with Crippen molar-refractivity contribution in [1.29, 1.82) is 0 Å². The van der Waals surface area contributed by atoms with Crippen molar-refractivity contribution < 1.29 is 0 Å². The Morgan fingerprint density at radius 3 is 2.56 bits per heavy atom. The van der Waals surface area contributed by atoms with Crippen molar-refractivity contribution in [2.24, 2.45) is 0 Å². The molecule has 7 heteroatoms. The monoisotopic (exact) mass is 358 g/mol. The minimum Gasteiger partial charge on any atom is -0.368 e. The quantitative estimate of drug-likeness (QED) is 0.905. The van der Waals surface area contributed by atoms with Crippen molar-refractivity contribution in [3.8, 4) is 0 Å². The molecule has 1 aliphatic carbocycles. The molecule has 1 saturated heterocycles. The lowest BCUT2D eigenvalue weighted by Crippen LogP contribution is -2.47. The number of nitrogens with one attached hydrogen (secondary N) is 1. The second-order valence-electron chi connectivity index (χ2n) is 6.72. The van der Waals surface area contributed by atoms with Gasteiger partial charge in [0.15, 0.2) is 5.82 Å². The number of halogens is 1. The van der Waals surface area contributed by atoms with Crippen LogP contribution in [-0.4, -0.2) is 47.4 Å². The number of piperazine rings is 1. The standard InChI is InChI=1S/C18H23ClN6/c19-14-4-3-7-16(12-14)24-8-10-25(11-9-24)18-22-17(13-20-23-18)21-15-5-1-2-6-15/h3-4,7,12-13,15H,1-2,5-6,8-11H2,(H,21,22,23). The fourth-order valence-electron chi connectivity index (χ4n) is 3.61. The number of hydrogen-bond acceptors (Lipinski definition) is 6. The highest BCUT2D eigenvalue weighted by atomic mass is 35.5. The molecule has 0 atom stereocenters. The minimum absolute atomic E-state index is 0.532. The molecule has 2 aliphatic rings. The number of benzene rings is 1. The average Bonchev–Trinajstić information content (AvgIpc) is 3.15. The first-order valence-electron chi connectivity index (χ1n) is 9.00. The summed E-state index contributed by atoms with van der Waals surface area (Å²) in [5, 5.41) is 12.6. The lowest BCUT2D eigenvalue weighted by molar-refractivity contribution is 0.634. The summed E-state index contributed by atoms with van der Waals surface area (Å²) in [6, 6.07) is 8.55. The van der Waals surface area contributed by atoms with E-state index in [1.165, 1.54) is 31.4 Å². The first-order valence-corrected chi connectivity index (χ1v) is 9.37. The maximum atomic E-state index is 6.10. The van der Waals surface area contributed by atoms with Gasteiger partial charge < -0.3 is 15.1 Å². The van der Waals surface area contributed by atoms with Gasteiger partial charge in [-0.25, -0.2) is 0 Å². The smallest absolute Gasteiger partial charge is 0.247 e. The molecule has 0 amide bonds. The van der Waals surface area contributed by atoms with Gasteiger partial charge in [-0.05, 0) is 31.0 Å². The molecule has 0 spiro atoms. The Labute approximate surface area is 153 Å². The van der Waals surface area contributed by atoms with Gasteiger partial charge in [-0.3, -0.25) is 0 Å². The van der Waals surface area contributed by atoms with Gasteiger partial charge in [0.2, 0.25) is 5.95 Å². The fourth-order valence-corrected chi connectivity index (χ4v) is 3.80. The zero-order chi connectivity index (χ0) is 17.1. The SMILES string of the molecule is Clc1cccc(N2CCN(c3nncc(NC4CCCC4)n3)CC2)c1. The highest BCUT2D eigenvalue weighted by Crippen LogP contribution is 2.23. The Morgan fingerprint density at radius 1 is 1.04 bits per heavy atom. The molecule has 1 N–H and O–H groups in total. The molecule has 2 aromatic rings. The van der Waals surface area contributed by atoms with Crippen molar-refractivity contribution in [2.45, 2.75) is 31.7 Å². The lowest BCUT2D eigenvalue weighted by Gasteiger charge is -2.36. The molecule has 1 aromatic heterocycles. The van der Waals surface area contributed by atoms with Crippen LogP contribution in [0.1, 0.15) is 25.7 Å². The minimum atomic E-state index is 0.532. The van der Waals surface area contributed by atoms with Crippen molar-refractivity contribution in [3.05, 3.63) is 35.5 Å². The molecule has 2 heterocycles. The van der Waals surface area contributed by atoms with Gasteiger partial charge in [-0.1, -0.05) is 30.5 Å². The zero-order valence-electron chi connectivity index (χ0n) is 14.2. The van der Waals surface area contributed by atoms with Gasteiger partial charge >= 0.3 is 0 Å². The topological polar surface area (TPSA) is 57.2 Å². The van der Waals surface area contributed by atoms with E-state index in [0.717, 1.165) is 37.0 Å². The van der Waals surface area contributed by atoms with Gasteiger partial charge in [0.1, 0.15) is 0 Å². The van der Waals surface area contributed by atoms with Crippen LogP contribution >= 0.6 is 11.6 Å². The van der Waals surface area contributed by atoms with Crippen LogP contribution in [0.3, 0.4) is 0 Å². The van der Waals surface area contributed by atoms with Crippen molar-refractivity contribution >= 4 is 29.1 Å². The predicted molar refractivity (Wildman–Crippen MR) is 102 cm³/mol. The molecule has 6 nitrogen and oxygen atoms in total. The molecule has 1 saturated carbocycles. The molecule has 1 aromatic carbocycles. The van der Waals surface area contributed by atoms with E-state index in [9.17, 15) is 0 Å². The second-order valence-corrected chi connectivity index (χ2v) is 7.16. The molecule has 1 aliphatic heterocycles. The van der Waals surface area contributed by atoms with E-state index in [-0.39, 0.29) is 0 Å². The summed E-state index contributed by atoms with van der Waals surface area (Å²) < 4.78 is 0. The highest BCUT2D eigenvalue weighted by Gasteiger charge is 2.21. The lowest BCUT2D eigenvalue weighted by atomic mass is 10.2. The number of aromatic nitrogens is 3. The van der Waals surface area contributed by atoms with Gasteiger partial charge in [0, 0.05) is 42.9 Å². The largest absolute Gasteiger partial charge is 0.368 e. The number of rotatable bonds is 4. The Balaban J connectivity index is 1.38. The molecular formula is C18H23ClN6. The van der Waals surface area contributed by atoms with Crippen LogP contribution in [-0.2, 0) is 0 Å². The Hall–Kier alpha value is -2.08. The van der Waals surface area contributed by atoms with Gasteiger partial charge in [-0.2, -0.15) is 10.1 Å². The Morgan fingerprint density at radius 2 is 1.80 bits per heavy atom. The van der Waals surface area contributed by atoms with E-state index >= 15 is 0 Å². The molecule has 4 rings (SSSR count). The average molecular weight is 359 g/mol. The second kappa shape index (κ2) is 7.44. The summed E-state index contributed by atoms with van der Waals surface area (Å²) in [7, 11) is 0. The van der Waals surface area contributed by atoms with E-state index in [1.54, 1.807) is 6.20 Å². The van der Waals surface area contributed by atoms with Crippen LogP contribution in [0.5, 0.6) is 0 Å². The van der Waals surface area contributed by atoms with Crippen molar-refractivity contribution in [2.75, 3.05) is 41.3 Å². The summed E-state index contributed by atoms with van der Waals surface area (Å²) in [5.74, 6) is 1.56. The number of anilines is 3. The number of hydrogen-bond donors (Lipinski definition) is 1. The van der Waals surface area contributed by atoms with E-state index < -0.39 is 0 Å². The summed E-state index contributed by atoms with van der Waals surface area (Å²) in [6.07, 6.45) is 6.77. The van der Waals surface area contributed by atoms with E-state index in [2.05, 4.69) is 36.4 Å². The zero-order valence-corrected chi connectivity index (χ0v) is 15.0. The molecule has 132 valence electrons. The Bertz CT molecular complexity index is 710. The maximum Gasteiger partial charge on any atom is 0.247 e. The van der Waals surface area contributed by atoms with Crippen LogP contribution in [0.2, 0.25) is 5.02 Å². The van der Waals surface area contributed by atoms with E-state index in [4.69, 9.17) is 11.6 Å². The van der Waals surface area contributed by atoms with Crippen LogP contribution in [0.15, 0.2) is 30.5 Å². The van der Waals surface area contributed by atoms with E-state index in [1.807, 2.05) is 18.2 Å². The first-order chi connectivity index (χ1) is 12.3. The van der Waals surface area contributed by atoms with Gasteiger partial charge in [0.25, 0.3) is 0 Å². The van der Waals surface area contributed by atoms with Crippen molar-refractivity contribution in [3.63, 3.8) is 0 Å². The summed E-state index contributed by atoms with van der Waals surface area (Å²) in [4.78, 5) is 9.22. The summed E-state index contributed by atoms with van der Waals surface area (Å²) in [5.41, 5.74) is 1.17. The fraction of sp³-hybridized carbons (Fsp3) is 0.500. The maximum absolute atomic E-state index is 6.10. The van der Waals surface area contributed by atoms with Crippen LogP contribution in [0.25, 0.3) is 0 Å². The first kappa shape index (κ1) is 16.4. The molecule has 0 radical (unpaired) electrons. The third-order valence-electron chi connectivity index (χ3n) is 4.99. The molecule has 0 bridgehead atoms. The summed E-state index contributed by atoms with van der Waals surface area (Å²) in [6.45, 7) is 3.59. The Kier molecular flexibility index (Phi) is 4.88. The highest BCUT2D eigenvalue weighted by molar-refractivity contribution is 6.30. The van der Waals surface area contributed by atoms with Crippen LogP contribution in [0, 0.1) is 0 Å². The molecule has 2 fully saturated rings. The molecule has 0 unspecified atom stereocenters. The third-order valence-corrected chi connectivity index (χ3v) is 5.23. The number of nitrogens with zero attached hydrogens (tertiary/aromatic N) is 5. The normalized spacial score (nSPS) is 18.6. The predicted octanol–water partition coefficient (Wildman–Crippen LogP) is 3.21.